The van der Waals surface area contributed by atoms with Crippen LogP contribution in [0.4, 0.5) is 5.69 Å². The fourth-order valence-electron chi connectivity index (χ4n) is 5.21. The first-order valence-corrected chi connectivity index (χ1v) is 10.2. The zero-order chi connectivity index (χ0) is 19.8. The molecular weight excluding hydrogens is 360 g/mol. The second kappa shape index (κ2) is 5.63. The van der Waals surface area contributed by atoms with E-state index in [0.717, 1.165) is 47.3 Å². The highest BCUT2D eigenvalue weighted by Gasteiger charge is 2.44. The van der Waals surface area contributed by atoms with Crippen LogP contribution in [0.1, 0.15) is 31.0 Å². The Hall–Kier alpha value is -3.27. The fraction of sp³-hybridized carbons (Fsp3) is 0.240. The van der Waals surface area contributed by atoms with E-state index < -0.39 is 0 Å². The summed E-state index contributed by atoms with van der Waals surface area (Å²) in [6.45, 7) is 5.40. The van der Waals surface area contributed by atoms with Gasteiger partial charge in [0.15, 0.2) is 0 Å². The number of aromatic nitrogens is 1. The van der Waals surface area contributed by atoms with Gasteiger partial charge < -0.3 is 13.9 Å². The zero-order valence-electron chi connectivity index (χ0n) is 16.6. The zero-order valence-corrected chi connectivity index (χ0v) is 16.6. The molecule has 6 rings (SSSR count). The molecule has 0 amide bonds. The van der Waals surface area contributed by atoms with Crippen LogP contribution in [-0.4, -0.2) is 11.1 Å². The number of anilines is 1. The van der Waals surface area contributed by atoms with E-state index in [0.29, 0.717) is 5.58 Å². The van der Waals surface area contributed by atoms with E-state index in [2.05, 4.69) is 78.0 Å². The molecule has 4 heterocycles. The summed E-state index contributed by atoms with van der Waals surface area (Å²) < 4.78 is 7.98. The van der Waals surface area contributed by atoms with Gasteiger partial charge in [0.1, 0.15) is 5.58 Å². The highest BCUT2D eigenvalue weighted by Crippen LogP contribution is 2.49. The minimum absolute atomic E-state index is 0.0148. The summed E-state index contributed by atoms with van der Waals surface area (Å²) in [6, 6.07) is 18.5. The van der Waals surface area contributed by atoms with Crippen molar-refractivity contribution >= 4 is 16.7 Å². The van der Waals surface area contributed by atoms with Crippen molar-refractivity contribution in [1.82, 2.24) is 4.57 Å². The molecule has 29 heavy (non-hydrogen) atoms. The van der Waals surface area contributed by atoms with Crippen molar-refractivity contribution in [3.05, 3.63) is 82.5 Å². The molecule has 1 atom stereocenters. The minimum atomic E-state index is -0.310. The number of hydrogen-bond donors (Lipinski definition) is 0. The molecule has 1 unspecified atom stereocenters. The standard InChI is InChI=1S/C25H22N2O2/c1-16-6-8-17(9-7-16)18-14-24(28)29-22-15-21-20(13-19(18)22)26-11-3-5-23(26)25(2)10-4-12-27(21)25/h3,5-9,11,13-15H,4,10,12H2,1-2H3. The van der Waals surface area contributed by atoms with Gasteiger partial charge in [-0.05, 0) is 56.0 Å². The summed E-state index contributed by atoms with van der Waals surface area (Å²) in [5.41, 5.74) is 7.10. The molecule has 4 heteroatoms. The summed E-state index contributed by atoms with van der Waals surface area (Å²) in [7, 11) is 0. The average molecular weight is 382 g/mol. The molecule has 0 aliphatic carbocycles. The van der Waals surface area contributed by atoms with E-state index in [-0.39, 0.29) is 11.2 Å². The molecule has 4 aromatic rings. The van der Waals surface area contributed by atoms with Gasteiger partial charge in [-0.1, -0.05) is 29.8 Å². The first-order valence-electron chi connectivity index (χ1n) is 10.2. The summed E-state index contributed by atoms with van der Waals surface area (Å²) >= 11 is 0. The SMILES string of the molecule is Cc1ccc(-c2cc(=O)oc3cc4c(cc23)-n2cccc2C2(C)CCCN42)cc1. The number of fused-ring (bicyclic) bond motifs is 7. The van der Waals surface area contributed by atoms with Gasteiger partial charge in [0.2, 0.25) is 0 Å². The topological polar surface area (TPSA) is 38.4 Å². The third kappa shape index (κ3) is 2.23. The maximum Gasteiger partial charge on any atom is 0.336 e. The second-order valence-corrected chi connectivity index (χ2v) is 8.47. The molecule has 1 saturated heterocycles. The number of nitrogens with zero attached hydrogens (tertiary/aromatic N) is 2. The molecule has 1 fully saturated rings. The Morgan fingerprint density at radius 1 is 1.03 bits per heavy atom. The lowest BCUT2D eigenvalue weighted by Gasteiger charge is -2.43. The molecule has 2 aromatic heterocycles. The van der Waals surface area contributed by atoms with Gasteiger partial charge in [-0.25, -0.2) is 4.79 Å². The van der Waals surface area contributed by atoms with Crippen molar-refractivity contribution < 1.29 is 4.42 Å². The molecule has 4 nitrogen and oxygen atoms in total. The second-order valence-electron chi connectivity index (χ2n) is 8.47. The van der Waals surface area contributed by atoms with E-state index in [4.69, 9.17) is 4.42 Å². The molecular formula is C25H22N2O2. The largest absolute Gasteiger partial charge is 0.423 e. The van der Waals surface area contributed by atoms with Crippen LogP contribution in [0.15, 0.2) is 70.0 Å². The summed E-state index contributed by atoms with van der Waals surface area (Å²) in [5, 5.41) is 0.967. The van der Waals surface area contributed by atoms with Crippen molar-refractivity contribution in [3.63, 3.8) is 0 Å². The summed E-state index contributed by atoms with van der Waals surface area (Å²) in [4.78, 5) is 14.9. The number of aryl methyl sites for hydroxylation is 1. The Bertz CT molecular complexity index is 1330. The highest BCUT2D eigenvalue weighted by molar-refractivity contribution is 5.97. The monoisotopic (exact) mass is 382 g/mol. The Labute approximate surface area is 169 Å². The first kappa shape index (κ1) is 16.7. The number of rotatable bonds is 1. The normalized spacial score (nSPS) is 19.9. The third-order valence-electron chi connectivity index (χ3n) is 6.69. The van der Waals surface area contributed by atoms with Crippen molar-refractivity contribution in [2.45, 2.75) is 32.2 Å². The highest BCUT2D eigenvalue weighted by atomic mass is 16.4. The predicted molar refractivity (Wildman–Crippen MR) is 116 cm³/mol. The van der Waals surface area contributed by atoms with Crippen LogP contribution < -0.4 is 10.5 Å². The summed E-state index contributed by atoms with van der Waals surface area (Å²) in [6.07, 6.45) is 4.43. The van der Waals surface area contributed by atoms with Crippen molar-refractivity contribution in [2.24, 2.45) is 0 Å². The third-order valence-corrected chi connectivity index (χ3v) is 6.69. The van der Waals surface area contributed by atoms with Gasteiger partial charge in [-0.3, -0.25) is 0 Å². The lowest BCUT2D eigenvalue weighted by molar-refractivity contribution is 0.457. The van der Waals surface area contributed by atoms with Gasteiger partial charge in [0.25, 0.3) is 0 Å². The molecule has 2 aliphatic rings. The van der Waals surface area contributed by atoms with Gasteiger partial charge in [0.05, 0.1) is 16.9 Å². The lowest BCUT2D eigenvalue weighted by atomic mass is 9.91. The fourth-order valence-corrected chi connectivity index (χ4v) is 5.21. The molecule has 0 saturated carbocycles. The van der Waals surface area contributed by atoms with E-state index in [1.807, 2.05) is 0 Å². The lowest BCUT2D eigenvalue weighted by Crippen LogP contribution is -2.43. The van der Waals surface area contributed by atoms with Crippen molar-refractivity contribution in [2.75, 3.05) is 11.4 Å². The molecule has 144 valence electrons. The van der Waals surface area contributed by atoms with E-state index in [1.165, 1.54) is 11.3 Å². The molecule has 0 bridgehead atoms. The van der Waals surface area contributed by atoms with Crippen LogP contribution in [0, 0.1) is 6.92 Å². The van der Waals surface area contributed by atoms with Crippen LogP contribution >= 0.6 is 0 Å². The average Bonchev–Trinajstić information content (AvgIpc) is 3.35. The first-order chi connectivity index (χ1) is 14.0. The van der Waals surface area contributed by atoms with Gasteiger partial charge in [0, 0.05) is 36.0 Å². The molecule has 0 radical (unpaired) electrons. The summed E-state index contributed by atoms with van der Waals surface area (Å²) in [5.74, 6) is 0. The molecule has 2 aromatic carbocycles. The van der Waals surface area contributed by atoms with Crippen LogP contribution in [0.2, 0.25) is 0 Å². The molecule has 0 spiro atoms. The van der Waals surface area contributed by atoms with Crippen LogP contribution in [0.25, 0.3) is 27.8 Å². The Morgan fingerprint density at radius 3 is 2.69 bits per heavy atom. The van der Waals surface area contributed by atoms with Crippen LogP contribution in [0.3, 0.4) is 0 Å². The van der Waals surface area contributed by atoms with Crippen molar-refractivity contribution in [3.8, 4) is 16.8 Å². The predicted octanol–water partition coefficient (Wildman–Crippen LogP) is 5.39. The van der Waals surface area contributed by atoms with Crippen molar-refractivity contribution in [1.29, 1.82) is 0 Å². The van der Waals surface area contributed by atoms with Gasteiger partial charge in [-0.15, -0.1) is 0 Å². The van der Waals surface area contributed by atoms with E-state index in [9.17, 15) is 4.79 Å². The maximum atomic E-state index is 12.4. The number of hydrogen-bond acceptors (Lipinski definition) is 3. The van der Waals surface area contributed by atoms with Crippen LogP contribution in [0.5, 0.6) is 0 Å². The molecule has 0 N–H and O–H groups in total. The molecule has 2 aliphatic heterocycles. The van der Waals surface area contributed by atoms with E-state index >= 15 is 0 Å². The Balaban J connectivity index is 1.68. The smallest absolute Gasteiger partial charge is 0.336 e. The Kier molecular flexibility index (Phi) is 3.24. The maximum absolute atomic E-state index is 12.4. The van der Waals surface area contributed by atoms with Gasteiger partial charge in [-0.2, -0.15) is 0 Å². The van der Waals surface area contributed by atoms with Gasteiger partial charge >= 0.3 is 5.63 Å². The van der Waals surface area contributed by atoms with Crippen LogP contribution in [-0.2, 0) is 5.54 Å². The minimum Gasteiger partial charge on any atom is -0.423 e. The van der Waals surface area contributed by atoms with E-state index in [1.54, 1.807) is 6.07 Å². The Morgan fingerprint density at radius 2 is 1.86 bits per heavy atom. The quantitative estimate of drug-likeness (QED) is 0.414. The number of benzene rings is 2.